The molecular weight excluding hydrogens is 390 g/mol. The third kappa shape index (κ3) is 4.91. The number of rotatable bonds is 5. The molecule has 0 spiro atoms. The number of nitrogens with one attached hydrogen (secondary N) is 2. The van der Waals surface area contributed by atoms with E-state index in [-0.39, 0.29) is 30.3 Å². The summed E-state index contributed by atoms with van der Waals surface area (Å²) in [6.07, 6.45) is 1.38. The summed E-state index contributed by atoms with van der Waals surface area (Å²) in [6, 6.07) is 22.4. The second kappa shape index (κ2) is 9.43. The summed E-state index contributed by atoms with van der Waals surface area (Å²) in [7, 11) is 0. The predicted octanol–water partition coefficient (Wildman–Crippen LogP) is 2.99. The van der Waals surface area contributed by atoms with Crippen LogP contribution in [0.2, 0.25) is 0 Å². The Labute approximate surface area is 181 Å². The van der Waals surface area contributed by atoms with E-state index in [2.05, 4.69) is 10.6 Å². The molecule has 0 aliphatic carbocycles. The van der Waals surface area contributed by atoms with Gasteiger partial charge in [-0.25, -0.2) is 0 Å². The van der Waals surface area contributed by atoms with Gasteiger partial charge in [-0.3, -0.25) is 14.4 Å². The van der Waals surface area contributed by atoms with Gasteiger partial charge in [0.05, 0.1) is 6.54 Å². The van der Waals surface area contributed by atoms with E-state index in [1.54, 1.807) is 29.2 Å². The largest absolute Gasteiger partial charge is 0.349 e. The van der Waals surface area contributed by atoms with Gasteiger partial charge in [0.25, 0.3) is 11.8 Å². The molecule has 2 N–H and O–H groups in total. The van der Waals surface area contributed by atoms with Crippen LogP contribution in [0.3, 0.4) is 0 Å². The fourth-order valence-corrected chi connectivity index (χ4v) is 3.92. The molecule has 0 radical (unpaired) electrons. The van der Waals surface area contributed by atoms with Crippen LogP contribution < -0.4 is 10.6 Å². The maximum atomic E-state index is 12.8. The molecule has 6 heteroatoms. The normalized spacial score (nSPS) is 14.3. The second-order valence-electron chi connectivity index (χ2n) is 7.70. The molecule has 1 heterocycles. The van der Waals surface area contributed by atoms with E-state index in [0.717, 1.165) is 10.8 Å². The molecule has 3 aromatic rings. The highest BCUT2D eigenvalue weighted by molar-refractivity contribution is 6.07. The summed E-state index contributed by atoms with van der Waals surface area (Å²) in [4.78, 5) is 39.1. The van der Waals surface area contributed by atoms with Crippen LogP contribution >= 0.6 is 0 Å². The van der Waals surface area contributed by atoms with Crippen LogP contribution in [0.4, 0.5) is 0 Å². The lowest BCUT2D eigenvalue weighted by atomic mass is 10.0. The number of hydrogen-bond donors (Lipinski definition) is 2. The Balaban J connectivity index is 1.27. The van der Waals surface area contributed by atoms with E-state index in [1.807, 2.05) is 48.5 Å². The highest BCUT2D eigenvalue weighted by Gasteiger charge is 2.24. The second-order valence-corrected chi connectivity index (χ2v) is 7.70. The van der Waals surface area contributed by atoms with Gasteiger partial charge in [0.15, 0.2) is 0 Å². The Morgan fingerprint density at radius 2 is 1.48 bits per heavy atom. The number of benzene rings is 3. The van der Waals surface area contributed by atoms with Crippen LogP contribution in [-0.2, 0) is 4.79 Å². The molecule has 0 aromatic heterocycles. The van der Waals surface area contributed by atoms with Crippen molar-refractivity contribution in [3.05, 3.63) is 83.9 Å². The first kappa shape index (κ1) is 20.6. The zero-order valence-corrected chi connectivity index (χ0v) is 17.2. The van der Waals surface area contributed by atoms with Gasteiger partial charge in [-0.1, -0.05) is 54.6 Å². The van der Waals surface area contributed by atoms with E-state index in [9.17, 15) is 14.4 Å². The molecule has 6 nitrogen and oxygen atoms in total. The standard InChI is InChI=1S/C25H25N3O3/c29-23(17-26-24(30)19-8-2-1-3-9-19)28-15-13-20(14-16-28)27-25(31)22-12-6-10-18-7-4-5-11-21(18)22/h1-12,20H,13-17H2,(H,26,30)(H,27,31). The molecule has 0 bridgehead atoms. The van der Waals surface area contributed by atoms with Crippen molar-refractivity contribution in [1.29, 1.82) is 0 Å². The first-order valence-corrected chi connectivity index (χ1v) is 10.5. The minimum absolute atomic E-state index is 0.0226. The molecule has 4 rings (SSSR count). The number of piperidine rings is 1. The summed E-state index contributed by atoms with van der Waals surface area (Å²) < 4.78 is 0. The molecule has 3 amide bonds. The van der Waals surface area contributed by atoms with E-state index in [0.29, 0.717) is 37.1 Å². The van der Waals surface area contributed by atoms with Crippen LogP contribution in [0, 0.1) is 0 Å². The van der Waals surface area contributed by atoms with Crippen molar-refractivity contribution in [2.45, 2.75) is 18.9 Å². The highest BCUT2D eigenvalue weighted by atomic mass is 16.2. The van der Waals surface area contributed by atoms with E-state index < -0.39 is 0 Å². The zero-order chi connectivity index (χ0) is 21.6. The van der Waals surface area contributed by atoms with Crippen LogP contribution in [0.5, 0.6) is 0 Å². The van der Waals surface area contributed by atoms with Gasteiger partial charge >= 0.3 is 0 Å². The molecule has 3 aromatic carbocycles. The smallest absolute Gasteiger partial charge is 0.252 e. The number of likely N-dealkylation sites (tertiary alicyclic amines) is 1. The number of carbonyl (C=O) groups excluding carboxylic acids is 3. The lowest BCUT2D eigenvalue weighted by molar-refractivity contribution is -0.131. The fourth-order valence-electron chi connectivity index (χ4n) is 3.92. The average molecular weight is 415 g/mol. The van der Waals surface area contributed by atoms with Gasteiger partial charge in [0.1, 0.15) is 0 Å². The van der Waals surface area contributed by atoms with Gasteiger partial charge in [0.2, 0.25) is 5.91 Å². The lowest BCUT2D eigenvalue weighted by Gasteiger charge is -2.32. The topological polar surface area (TPSA) is 78.5 Å². The zero-order valence-electron chi connectivity index (χ0n) is 17.2. The summed E-state index contributed by atoms with van der Waals surface area (Å²) in [5.74, 6) is -0.453. The van der Waals surface area contributed by atoms with Gasteiger partial charge in [-0.2, -0.15) is 0 Å². The summed E-state index contributed by atoms with van der Waals surface area (Å²) in [5, 5.41) is 7.76. The van der Waals surface area contributed by atoms with Crippen molar-refractivity contribution in [3.63, 3.8) is 0 Å². The number of carbonyl (C=O) groups is 3. The third-order valence-corrected chi connectivity index (χ3v) is 5.65. The maximum Gasteiger partial charge on any atom is 0.252 e. The lowest BCUT2D eigenvalue weighted by Crippen LogP contribution is -2.49. The van der Waals surface area contributed by atoms with Crippen molar-refractivity contribution in [3.8, 4) is 0 Å². The van der Waals surface area contributed by atoms with Gasteiger partial charge in [-0.15, -0.1) is 0 Å². The minimum atomic E-state index is -0.258. The summed E-state index contributed by atoms with van der Waals surface area (Å²) >= 11 is 0. The Bertz CT molecular complexity index is 1080. The Hall–Kier alpha value is -3.67. The minimum Gasteiger partial charge on any atom is -0.349 e. The van der Waals surface area contributed by atoms with Crippen LogP contribution in [0.25, 0.3) is 10.8 Å². The molecule has 1 fully saturated rings. The quantitative estimate of drug-likeness (QED) is 0.673. The number of hydrogen-bond acceptors (Lipinski definition) is 3. The highest BCUT2D eigenvalue weighted by Crippen LogP contribution is 2.19. The monoisotopic (exact) mass is 415 g/mol. The van der Waals surface area contributed by atoms with Crippen molar-refractivity contribution < 1.29 is 14.4 Å². The third-order valence-electron chi connectivity index (χ3n) is 5.65. The van der Waals surface area contributed by atoms with Gasteiger partial charge in [0, 0.05) is 30.3 Å². The SMILES string of the molecule is O=C(NCC(=O)N1CCC(NC(=O)c2cccc3ccccc23)CC1)c1ccccc1. The Morgan fingerprint density at radius 3 is 2.26 bits per heavy atom. The molecule has 1 aliphatic heterocycles. The molecule has 0 unspecified atom stereocenters. The maximum absolute atomic E-state index is 12.8. The molecule has 31 heavy (non-hydrogen) atoms. The molecule has 1 saturated heterocycles. The molecule has 1 aliphatic rings. The van der Waals surface area contributed by atoms with Crippen LogP contribution in [0.1, 0.15) is 33.6 Å². The Kier molecular flexibility index (Phi) is 6.26. The van der Waals surface area contributed by atoms with E-state index in [4.69, 9.17) is 0 Å². The number of fused-ring (bicyclic) bond motifs is 1. The molecular formula is C25H25N3O3. The van der Waals surface area contributed by atoms with Gasteiger partial charge in [-0.05, 0) is 41.8 Å². The molecule has 158 valence electrons. The molecule has 0 atom stereocenters. The van der Waals surface area contributed by atoms with Crippen molar-refractivity contribution in [1.82, 2.24) is 15.5 Å². The van der Waals surface area contributed by atoms with Crippen LogP contribution in [-0.4, -0.2) is 48.3 Å². The van der Waals surface area contributed by atoms with Crippen molar-refractivity contribution in [2.24, 2.45) is 0 Å². The Morgan fingerprint density at radius 1 is 0.806 bits per heavy atom. The first-order valence-electron chi connectivity index (χ1n) is 10.5. The predicted molar refractivity (Wildman–Crippen MR) is 120 cm³/mol. The molecule has 0 saturated carbocycles. The van der Waals surface area contributed by atoms with Crippen molar-refractivity contribution >= 4 is 28.5 Å². The van der Waals surface area contributed by atoms with Crippen molar-refractivity contribution in [2.75, 3.05) is 19.6 Å². The summed E-state index contributed by atoms with van der Waals surface area (Å²) in [6.45, 7) is 1.09. The van der Waals surface area contributed by atoms with E-state index in [1.165, 1.54) is 0 Å². The summed E-state index contributed by atoms with van der Waals surface area (Å²) in [5.41, 5.74) is 1.20. The van der Waals surface area contributed by atoms with E-state index >= 15 is 0 Å². The van der Waals surface area contributed by atoms with Gasteiger partial charge < -0.3 is 15.5 Å². The fraction of sp³-hybridized carbons (Fsp3) is 0.240. The number of amides is 3. The number of nitrogens with zero attached hydrogens (tertiary/aromatic N) is 1. The average Bonchev–Trinajstić information content (AvgIpc) is 2.83. The van der Waals surface area contributed by atoms with Crippen LogP contribution in [0.15, 0.2) is 72.8 Å². The first-order chi connectivity index (χ1) is 15.1.